The third kappa shape index (κ3) is 5.52. The van der Waals surface area contributed by atoms with Crippen molar-refractivity contribution in [2.24, 2.45) is 5.92 Å². The zero-order valence-electron chi connectivity index (χ0n) is 22.7. The van der Waals surface area contributed by atoms with Crippen molar-refractivity contribution in [1.82, 2.24) is 20.3 Å². The summed E-state index contributed by atoms with van der Waals surface area (Å²) in [6, 6.07) is 8.47. The van der Waals surface area contributed by atoms with Gasteiger partial charge in [0.2, 0.25) is 0 Å². The second-order valence-corrected chi connectivity index (χ2v) is 10.6. The lowest BCUT2D eigenvalue weighted by Crippen LogP contribution is -2.16. The van der Waals surface area contributed by atoms with E-state index in [4.69, 9.17) is 4.98 Å². The lowest BCUT2D eigenvalue weighted by Gasteiger charge is -2.17. The van der Waals surface area contributed by atoms with E-state index < -0.39 is 0 Å². The molecule has 1 aliphatic carbocycles. The molecule has 0 unspecified atom stereocenters. The molecule has 0 amide bonds. The zero-order valence-corrected chi connectivity index (χ0v) is 23.5. The molecule has 1 aromatic carbocycles. The molecule has 1 saturated carbocycles. The largest absolute Gasteiger partial charge is 0.388 e. The molecule has 1 fully saturated rings. The SMILES string of the molecule is C=C/C(=C\C(=C/C)c1ccc(NC)c(C(=C)c2nc3c(-c4ccsc4)cncc3[nH]2)c1)NC(=C)C1CCCC1. The average molecular weight is 534 g/mol. The third-order valence-electron chi connectivity index (χ3n) is 7.45. The number of nitrogens with zero attached hydrogens (tertiary/aromatic N) is 2. The van der Waals surface area contributed by atoms with Gasteiger partial charge in [0, 0.05) is 47.0 Å². The molecular formula is C33H35N5S. The highest BCUT2D eigenvalue weighted by atomic mass is 32.1. The molecule has 0 aliphatic heterocycles. The molecule has 3 N–H and O–H groups in total. The van der Waals surface area contributed by atoms with Gasteiger partial charge in [0.25, 0.3) is 0 Å². The van der Waals surface area contributed by atoms with E-state index >= 15 is 0 Å². The van der Waals surface area contributed by atoms with Gasteiger partial charge in [-0.25, -0.2) is 4.98 Å². The van der Waals surface area contributed by atoms with Crippen LogP contribution in [0.4, 0.5) is 5.69 Å². The summed E-state index contributed by atoms with van der Waals surface area (Å²) in [7, 11) is 1.92. The van der Waals surface area contributed by atoms with Crippen LogP contribution in [0, 0.1) is 5.92 Å². The highest BCUT2D eigenvalue weighted by Crippen LogP contribution is 2.34. The summed E-state index contributed by atoms with van der Waals surface area (Å²) < 4.78 is 0. The average Bonchev–Trinajstić information content (AvgIpc) is 3.76. The quantitative estimate of drug-likeness (QED) is 0.179. The lowest BCUT2D eigenvalue weighted by atomic mass is 9.96. The van der Waals surface area contributed by atoms with Gasteiger partial charge in [0.05, 0.1) is 17.2 Å². The van der Waals surface area contributed by atoms with Crippen molar-refractivity contribution in [2.75, 3.05) is 12.4 Å². The van der Waals surface area contributed by atoms with Gasteiger partial charge in [0.1, 0.15) is 5.82 Å². The fourth-order valence-electron chi connectivity index (χ4n) is 5.23. The number of hydrogen-bond donors (Lipinski definition) is 3. The maximum Gasteiger partial charge on any atom is 0.138 e. The molecule has 0 saturated heterocycles. The first kappa shape index (κ1) is 26.4. The summed E-state index contributed by atoms with van der Waals surface area (Å²) >= 11 is 1.66. The van der Waals surface area contributed by atoms with E-state index in [0.717, 1.165) is 67.3 Å². The number of rotatable bonds is 10. The summed E-state index contributed by atoms with van der Waals surface area (Å²) in [5.41, 5.74) is 10.9. The Morgan fingerprint density at radius 2 is 1.97 bits per heavy atom. The Hall–Kier alpha value is -4.16. The summed E-state index contributed by atoms with van der Waals surface area (Å²) in [6.07, 6.45) is 14.8. The van der Waals surface area contributed by atoms with Crippen LogP contribution in [0.25, 0.3) is 33.3 Å². The van der Waals surface area contributed by atoms with Crippen LogP contribution in [0.3, 0.4) is 0 Å². The van der Waals surface area contributed by atoms with Gasteiger partial charge in [-0.05, 0) is 83.5 Å². The number of anilines is 1. The monoisotopic (exact) mass is 533 g/mol. The molecule has 0 spiro atoms. The van der Waals surface area contributed by atoms with E-state index in [2.05, 4.69) is 94.4 Å². The number of allylic oxidation sites excluding steroid dienone is 5. The number of imidazole rings is 1. The predicted octanol–water partition coefficient (Wildman–Crippen LogP) is 8.56. The van der Waals surface area contributed by atoms with E-state index in [1.165, 1.54) is 25.7 Å². The number of nitrogens with one attached hydrogen (secondary N) is 3. The first-order chi connectivity index (χ1) is 19.0. The van der Waals surface area contributed by atoms with Crippen LogP contribution in [0.2, 0.25) is 0 Å². The van der Waals surface area contributed by atoms with Crippen molar-refractivity contribution in [3.8, 4) is 11.1 Å². The molecule has 0 radical (unpaired) electrons. The summed E-state index contributed by atoms with van der Waals surface area (Å²) in [5.74, 6) is 1.26. The highest BCUT2D eigenvalue weighted by Gasteiger charge is 2.19. The summed E-state index contributed by atoms with van der Waals surface area (Å²) in [4.78, 5) is 12.8. The molecule has 1 aliphatic rings. The molecule has 5 rings (SSSR count). The van der Waals surface area contributed by atoms with Gasteiger partial charge < -0.3 is 15.6 Å². The van der Waals surface area contributed by atoms with Crippen LogP contribution < -0.4 is 10.6 Å². The second-order valence-electron chi connectivity index (χ2n) is 9.85. The Labute approximate surface area is 234 Å². The standard InChI is InChI=1S/C33H35N5S/c1-6-23(16-27(7-2)36-22(4)24-10-8-9-11-24)25-12-13-30(34-5)28(17-25)21(3)33-37-31-19-35-18-29(32(31)38-33)26-14-15-39-20-26/h6-7,12-20,24,34,36H,2-4,8-11H2,1,5H3,(H,37,38)/b23-6+,27-16+. The normalized spacial score (nSPS) is 14.5. The van der Waals surface area contributed by atoms with Gasteiger partial charge in [-0.15, -0.1) is 0 Å². The Balaban J connectivity index is 1.47. The van der Waals surface area contributed by atoms with E-state index in [1.54, 1.807) is 11.3 Å². The first-order valence-corrected chi connectivity index (χ1v) is 14.3. The topological polar surface area (TPSA) is 65.6 Å². The summed E-state index contributed by atoms with van der Waals surface area (Å²) in [6.45, 7) is 14.9. The lowest BCUT2D eigenvalue weighted by molar-refractivity contribution is 0.607. The fraction of sp³-hybridized carbons (Fsp3) is 0.212. The van der Waals surface area contributed by atoms with E-state index in [-0.39, 0.29) is 0 Å². The Morgan fingerprint density at radius 1 is 1.15 bits per heavy atom. The highest BCUT2D eigenvalue weighted by molar-refractivity contribution is 7.08. The number of aromatic amines is 1. The minimum atomic E-state index is 0.534. The smallest absolute Gasteiger partial charge is 0.138 e. The zero-order chi connectivity index (χ0) is 27.4. The number of H-pyrrole nitrogens is 1. The maximum atomic E-state index is 4.97. The maximum absolute atomic E-state index is 4.97. The number of benzene rings is 1. The van der Waals surface area contributed by atoms with Gasteiger partial charge >= 0.3 is 0 Å². The van der Waals surface area contributed by atoms with Crippen LogP contribution in [-0.2, 0) is 0 Å². The number of fused-ring (bicyclic) bond motifs is 1. The molecule has 0 atom stereocenters. The molecule has 5 nitrogen and oxygen atoms in total. The van der Waals surface area contributed by atoms with Crippen LogP contribution in [-0.4, -0.2) is 22.0 Å². The van der Waals surface area contributed by atoms with Crippen LogP contribution >= 0.6 is 11.3 Å². The molecule has 4 aromatic rings. The molecule has 6 heteroatoms. The molecule has 198 valence electrons. The van der Waals surface area contributed by atoms with Crippen molar-refractivity contribution >= 4 is 39.2 Å². The summed E-state index contributed by atoms with van der Waals surface area (Å²) in [5, 5.41) is 11.0. The molecule has 0 bridgehead atoms. The van der Waals surface area contributed by atoms with E-state index in [9.17, 15) is 0 Å². The first-order valence-electron chi connectivity index (χ1n) is 13.4. The number of pyridine rings is 1. The van der Waals surface area contributed by atoms with Gasteiger partial charge in [-0.1, -0.05) is 44.7 Å². The van der Waals surface area contributed by atoms with Crippen LogP contribution in [0.15, 0.2) is 96.8 Å². The van der Waals surface area contributed by atoms with Crippen LogP contribution in [0.1, 0.15) is 49.6 Å². The Bertz CT molecular complexity index is 1580. The van der Waals surface area contributed by atoms with E-state index in [0.29, 0.717) is 5.92 Å². The van der Waals surface area contributed by atoms with Crippen molar-refractivity contribution in [2.45, 2.75) is 32.6 Å². The Morgan fingerprint density at radius 3 is 2.67 bits per heavy atom. The van der Waals surface area contributed by atoms with Crippen molar-refractivity contribution in [3.63, 3.8) is 0 Å². The number of hydrogen-bond acceptors (Lipinski definition) is 5. The molecule has 3 aromatic heterocycles. The predicted molar refractivity (Wildman–Crippen MR) is 167 cm³/mol. The third-order valence-corrected chi connectivity index (χ3v) is 8.14. The van der Waals surface area contributed by atoms with Gasteiger partial charge in [-0.3, -0.25) is 4.98 Å². The Kier molecular flexibility index (Phi) is 7.94. The molecule has 3 heterocycles. The van der Waals surface area contributed by atoms with Gasteiger partial charge in [0.15, 0.2) is 0 Å². The van der Waals surface area contributed by atoms with Crippen molar-refractivity contribution in [3.05, 3.63) is 114 Å². The van der Waals surface area contributed by atoms with Gasteiger partial charge in [-0.2, -0.15) is 11.3 Å². The van der Waals surface area contributed by atoms with E-state index in [1.807, 2.05) is 25.5 Å². The van der Waals surface area contributed by atoms with Crippen molar-refractivity contribution < 1.29 is 0 Å². The number of aromatic nitrogens is 3. The number of thiophene rings is 1. The molecule has 39 heavy (non-hydrogen) atoms. The second kappa shape index (κ2) is 11.7. The fourth-order valence-corrected chi connectivity index (χ4v) is 5.89. The molecular weight excluding hydrogens is 498 g/mol. The minimum absolute atomic E-state index is 0.534. The van der Waals surface area contributed by atoms with Crippen LogP contribution in [0.5, 0.6) is 0 Å². The van der Waals surface area contributed by atoms with Crippen molar-refractivity contribution in [1.29, 1.82) is 0 Å². The minimum Gasteiger partial charge on any atom is -0.388 e.